The maximum atomic E-state index is 6.36. The molecular weight excluding hydrogens is 338 g/mol. The van der Waals surface area contributed by atoms with Gasteiger partial charge in [0.15, 0.2) is 0 Å². The van der Waals surface area contributed by atoms with Crippen molar-refractivity contribution in [3.8, 4) is 0 Å². The number of pyridine rings is 2. The van der Waals surface area contributed by atoms with E-state index in [4.69, 9.17) is 9.72 Å². The van der Waals surface area contributed by atoms with E-state index >= 15 is 0 Å². The molecule has 2 fully saturated rings. The second kappa shape index (κ2) is 7.82. The molecule has 4 rings (SSSR count). The van der Waals surface area contributed by atoms with Crippen LogP contribution in [0.15, 0.2) is 42.9 Å². The minimum atomic E-state index is -0.0918. The first-order valence-electron chi connectivity index (χ1n) is 9.77. The molecule has 0 aliphatic carbocycles. The second-order valence-corrected chi connectivity index (χ2v) is 7.89. The lowest BCUT2D eigenvalue weighted by Gasteiger charge is -2.48. The van der Waals surface area contributed by atoms with Crippen molar-refractivity contribution in [1.29, 1.82) is 0 Å². The van der Waals surface area contributed by atoms with E-state index in [9.17, 15) is 0 Å². The van der Waals surface area contributed by atoms with Gasteiger partial charge in [-0.2, -0.15) is 0 Å². The van der Waals surface area contributed by atoms with E-state index in [1.165, 1.54) is 5.56 Å². The Kier molecular flexibility index (Phi) is 5.27. The molecule has 2 aromatic rings. The van der Waals surface area contributed by atoms with Crippen LogP contribution in [0.3, 0.4) is 0 Å². The van der Waals surface area contributed by atoms with E-state index in [0.29, 0.717) is 0 Å². The third kappa shape index (κ3) is 4.22. The molecule has 0 N–H and O–H groups in total. The summed E-state index contributed by atoms with van der Waals surface area (Å²) in [5, 5.41) is 0. The van der Waals surface area contributed by atoms with Crippen molar-refractivity contribution in [2.75, 3.05) is 56.7 Å². The Labute approximate surface area is 161 Å². The molecule has 6 nitrogen and oxygen atoms in total. The first kappa shape index (κ1) is 18.2. The van der Waals surface area contributed by atoms with Gasteiger partial charge in [-0.1, -0.05) is 0 Å². The molecule has 1 spiro atoms. The van der Waals surface area contributed by atoms with Gasteiger partial charge in [0.25, 0.3) is 0 Å². The average Bonchev–Trinajstić information content (AvgIpc) is 2.69. The molecule has 2 saturated heterocycles. The van der Waals surface area contributed by atoms with Crippen molar-refractivity contribution in [3.63, 3.8) is 0 Å². The zero-order chi connectivity index (χ0) is 18.7. The highest BCUT2D eigenvalue weighted by Crippen LogP contribution is 2.31. The lowest BCUT2D eigenvalue weighted by molar-refractivity contribution is -0.116. The van der Waals surface area contributed by atoms with Crippen molar-refractivity contribution >= 4 is 11.5 Å². The standard InChI is InChI=1S/C21H29N5O/c1-24(2)19-4-5-20(23-14-19)26-11-3-8-21(17-26)16-25(12-13-27-21)15-18-6-9-22-10-7-18/h4-7,9-10,14H,3,8,11-13,15-17H2,1-2H3/t21-/m0/s1. The zero-order valence-electron chi connectivity index (χ0n) is 16.3. The molecule has 0 saturated carbocycles. The highest BCUT2D eigenvalue weighted by Gasteiger charge is 2.40. The number of anilines is 2. The summed E-state index contributed by atoms with van der Waals surface area (Å²) in [5.41, 5.74) is 2.35. The monoisotopic (exact) mass is 367 g/mol. The van der Waals surface area contributed by atoms with Gasteiger partial charge in [-0.3, -0.25) is 9.88 Å². The lowest BCUT2D eigenvalue weighted by Crippen LogP contribution is -2.59. The summed E-state index contributed by atoms with van der Waals surface area (Å²) >= 11 is 0. The van der Waals surface area contributed by atoms with Gasteiger partial charge in [-0.15, -0.1) is 0 Å². The molecule has 27 heavy (non-hydrogen) atoms. The fraction of sp³-hybridized carbons (Fsp3) is 0.524. The topological polar surface area (TPSA) is 44.7 Å². The molecule has 0 unspecified atom stereocenters. The summed E-state index contributed by atoms with van der Waals surface area (Å²) in [5.74, 6) is 1.05. The number of hydrogen-bond donors (Lipinski definition) is 0. The van der Waals surface area contributed by atoms with Crippen LogP contribution in [0.25, 0.3) is 0 Å². The van der Waals surface area contributed by atoms with Crippen LogP contribution in [0.4, 0.5) is 11.5 Å². The number of nitrogens with zero attached hydrogens (tertiary/aromatic N) is 5. The minimum Gasteiger partial charge on any atom is -0.376 e. The summed E-state index contributed by atoms with van der Waals surface area (Å²) in [6.45, 7) is 5.68. The number of aromatic nitrogens is 2. The fourth-order valence-electron chi connectivity index (χ4n) is 4.18. The van der Waals surface area contributed by atoms with Crippen LogP contribution < -0.4 is 9.80 Å². The predicted molar refractivity (Wildman–Crippen MR) is 108 cm³/mol. The second-order valence-electron chi connectivity index (χ2n) is 7.89. The summed E-state index contributed by atoms with van der Waals surface area (Å²) in [6.07, 6.45) is 7.95. The van der Waals surface area contributed by atoms with Crippen LogP contribution in [0.2, 0.25) is 0 Å². The van der Waals surface area contributed by atoms with Crippen molar-refractivity contribution in [3.05, 3.63) is 48.4 Å². The molecule has 1 atom stereocenters. The Morgan fingerprint density at radius 2 is 1.96 bits per heavy atom. The highest BCUT2D eigenvalue weighted by molar-refractivity contribution is 5.50. The van der Waals surface area contributed by atoms with E-state index < -0.39 is 0 Å². The summed E-state index contributed by atoms with van der Waals surface area (Å²) in [7, 11) is 4.08. The van der Waals surface area contributed by atoms with Gasteiger partial charge in [0, 0.05) is 59.2 Å². The summed E-state index contributed by atoms with van der Waals surface area (Å²) in [6, 6.07) is 8.48. The van der Waals surface area contributed by atoms with E-state index in [1.54, 1.807) is 0 Å². The van der Waals surface area contributed by atoms with Crippen LogP contribution in [0, 0.1) is 0 Å². The van der Waals surface area contributed by atoms with Crippen molar-refractivity contribution in [2.45, 2.75) is 25.0 Å². The number of rotatable bonds is 4. The van der Waals surface area contributed by atoms with Gasteiger partial charge in [0.1, 0.15) is 5.82 Å². The largest absolute Gasteiger partial charge is 0.376 e. The van der Waals surface area contributed by atoms with Gasteiger partial charge in [-0.05, 0) is 42.7 Å². The summed E-state index contributed by atoms with van der Waals surface area (Å²) in [4.78, 5) is 15.8. The molecule has 4 heterocycles. The zero-order valence-corrected chi connectivity index (χ0v) is 16.3. The van der Waals surface area contributed by atoms with Gasteiger partial charge >= 0.3 is 0 Å². The maximum absolute atomic E-state index is 6.36. The van der Waals surface area contributed by atoms with Gasteiger partial charge in [0.2, 0.25) is 0 Å². The SMILES string of the molecule is CN(C)c1ccc(N2CCC[C@]3(CN(Cc4ccncc4)CCO3)C2)nc1. The van der Waals surface area contributed by atoms with E-state index in [2.05, 4.69) is 43.9 Å². The highest BCUT2D eigenvalue weighted by atomic mass is 16.5. The third-order valence-electron chi connectivity index (χ3n) is 5.60. The van der Waals surface area contributed by atoms with Gasteiger partial charge < -0.3 is 14.5 Å². The molecule has 6 heteroatoms. The molecule has 0 aromatic carbocycles. The van der Waals surface area contributed by atoms with E-state index in [0.717, 1.165) is 63.7 Å². The Bertz CT molecular complexity index is 732. The normalized spacial score (nSPS) is 23.6. The Morgan fingerprint density at radius 1 is 1.11 bits per heavy atom. The molecule has 0 radical (unpaired) electrons. The van der Waals surface area contributed by atoms with Crippen LogP contribution in [0.5, 0.6) is 0 Å². The number of morpholine rings is 1. The quantitative estimate of drug-likeness (QED) is 0.827. The summed E-state index contributed by atoms with van der Waals surface area (Å²) < 4.78 is 6.36. The predicted octanol–water partition coefficient (Wildman–Crippen LogP) is 2.41. The number of ether oxygens (including phenoxy) is 1. The van der Waals surface area contributed by atoms with Gasteiger partial charge in [0.05, 0.1) is 24.1 Å². The fourth-order valence-corrected chi connectivity index (χ4v) is 4.18. The lowest BCUT2D eigenvalue weighted by atomic mass is 9.90. The molecule has 2 aromatic heterocycles. The number of piperidine rings is 1. The van der Waals surface area contributed by atoms with E-state index in [-0.39, 0.29) is 5.60 Å². The first-order chi connectivity index (χ1) is 13.1. The van der Waals surface area contributed by atoms with Crippen molar-refractivity contribution < 1.29 is 4.74 Å². The smallest absolute Gasteiger partial charge is 0.128 e. The van der Waals surface area contributed by atoms with Crippen molar-refractivity contribution in [1.82, 2.24) is 14.9 Å². The van der Waals surface area contributed by atoms with Crippen LogP contribution in [-0.2, 0) is 11.3 Å². The number of hydrogen-bond acceptors (Lipinski definition) is 6. The first-order valence-corrected chi connectivity index (χ1v) is 9.77. The molecule has 2 aliphatic rings. The molecule has 144 valence electrons. The molecule has 0 bridgehead atoms. The Hall–Kier alpha value is -2.18. The maximum Gasteiger partial charge on any atom is 0.128 e. The minimum absolute atomic E-state index is 0.0918. The Balaban J connectivity index is 1.44. The average molecular weight is 367 g/mol. The van der Waals surface area contributed by atoms with E-state index in [1.807, 2.05) is 32.7 Å². The third-order valence-corrected chi connectivity index (χ3v) is 5.60. The molecular formula is C21H29N5O. The Morgan fingerprint density at radius 3 is 2.70 bits per heavy atom. The van der Waals surface area contributed by atoms with Crippen LogP contribution >= 0.6 is 0 Å². The van der Waals surface area contributed by atoms with Crippen molar-refractivity contribution in [2.24, 2.45) is 0 Å². The molecule has 0 amide bonds. The van der Waals surface area contributed by atoms with Gasteiger partial charge in [-0.25, -0.2) is 4.98 Å². The van der Waals surface area contributed by atoms with Crippen LogP contribution in [-0.4, -0.2) is 67.4 Å². The van der Waals surface area contributed by atoms with Crippen LogP contribution in [0.1, 0.15) is 18.4 Å². The molecule has 2 aliphatic heterocycles.